The number of amides is 1. The molecule has 31 heavy (non-hydrogen) atoms. The zero-order valence-electron chi connectivity index (χ0n) is 17.6. The molecule has 6 nitrogen and oxygen atoms in total. The normalized spacial score (nSPS) is 11.8. The van der Waals surface area contributed by atoms with Gasteiger partial charge in [0.1, 0.15) is 12.4 Å². The van der Waals surface area contributed by atoms with Crippen molar-refractivity contribution in [3.8, 4) is 11.5 Å². The molecule has 0 radical (unpaired) electrons. The number of aromatic nitrogens is 2. The van der Waals surface area contributed by atoms with Gasteiger partial charge in [0.15, 0.2) is 11.5 Å². The molecule has 1 heterocycles. The van der Waals surface area contributed by atoms with Gasteiger partial charge in [0.25, 0.3) is 5.91 Å². The van der Waals surface area contributed by atoms with Crippen molar-refractivity contribution in [1.82, 2.24) is 14.9 Å². The fourth-order valence-corrected chi connectivity index (χ4v) is 3.58. The van der Waals surface area contributed by atoms with E-state index >= 15 is 0 Å². The molecule has 0 saturated carbocycles. The molecule has 0 aliphatic rings. The van der Waals surface area contributed by atoms with Crippen molar-refractivity contribution in [1.29, 1.82) is 0 Å². The number of fused-ring (bicyclic) bond motifs is 1. The molecule has 0 aliphatic heterocycles. The van der Waals surface area contributed by atoms with Crippen LogP contribution in [0.5, 0.6) is 11.5 Å². The Morgan fingerprint density at radius 2 is 1.65 bits per heavy atom. The molecular formula is C25H25N3O3. The van der Waals surface area contributed by atoms with Crippen LogP contribution in [-0.2, 0) is 6.54 Å². The van der Waals surface area contributed by atoms with Gasteiger partial charge < -0.3 is 19.4 Å². The molecule has 4 rings (SSSR count). The molecule has 1 unspecified atom stereocenters. The Labute approximate surface area is 181 Å². The topological polar surface area (TPSA) is 65.4 Å². The average molecular weight is 415 g/mol. The second-order valence-electron chi connectivity index (χ2n) is 7.17. The number of ether oxygens (including phenoxy) is 2. The summed E-state index contributed by atoms with van der Waals surface area (Å²) in [6.45, 7) is 2.96. The van der Waals surface area contributed by atoms with Crippen molar-refractivity contribution >= 4 is 16.9 Å². The molecule has 3 aromatic carbocycles. The highest BCUT2D eigenvalue weighted by Crippen LogP contribution is 2.26. The molecule has 1 amide bonds. The van der Waals surface area contributed by atoms with Gasteiger partial charge in [-0.25, -0.2) is 4.98 Å². The molecule has 0 spiro atoms. The minimum absolute atomic E-state index is 0.128. The number of benzene rings is 3. The fraction of sp³-hybridized carbons (Fsp3) is 0.200. The average Bonchev–Trinajstić information content (AvgIpc) is 3.19. The summed E-state index contributed by atoms with van der Waals surface area (Å²) in [6.07, 6.45) is 0. The first-order valence-corrected chi connectivity index (χ1v) is 10.2. The number of para-hydroxylation sites is 4. The minimum Gasteiger partial charge on any atom is -0.493 e. The smallest absolute Gasteiger partial charge is 0.251 e. The molecule has 4 aromatic rings. The molecule has 1 aromatic heterocycles. The van der Waals surface area contributed by atoms with E-state index in [0.717, 1.165) is 16.9 Å². The second-order valence-corrected chi connectivity index (χ2v) is 7.17. The van der Waals surface area contributed by atoms with Crippen molar-refractivity contribution in [3.63, 3.8) is 0 Å². The summed E-state index contributed by atoms with van der Waals surface area (Å²) in [5.74, 6) is 2.05. The quantitative estimate of drug-likeness (QED) is 0.456. The minimum atomic E-state index is -0.272. The molecular weight excluding hydrogens is 390 g/mol. The van der Waals surface area contributed by atoms with Crippen LogP contribution in [0.15, 0.2) is 78.9 Å². The maximum absolute atomic E-state index is 12.6. The third kappa shape index (κ3) is 4.53. The number of nitrogens with one attached hydrogen (secondary N) is 1. The van der Waals surface area contributed by atoms with E-state index in [1.54, 1.807) is 19.2 Å². The predicted molar refractivity (Wildman–Crippen MR) is 121 cm³/mol. The summed E-state index contributed by atoms with van der Waals surface area (Å²) in [5, 5.41) is 3.06. The number of hydrogen-bond donors (Lipinski definition) is 1. The van der Waals surface area contributed by atoms with E-state index < -0.39 is 0 Å². The van der Waals surface area contributed by atoms with E-state index in [2.05, 4.69) is 9.88 Å². The summed E-state index contributed by atoms with van der Waals surface area (Å²) < 4.78 is 13.4. The number of rotatable bonds is 8. The van der Waals surface area contributed by atoms with E-state index in [1.807, 2.05) is 73.7 Å². The number of carbonyl (C=O) groups excluding carboxylic acids is 1. The van der Waals surface area contributed by atoms with Crippen molar-refractivity contribution in [2.45, 2.75) is 19.5 Å². The van der Waals surface area contributed by atoms with Crippen molar-refractivity contribution in [2.75, 3.05) is 13.7 Å². The van der Waals surface area contributed by atoms with Crippen LogP contribution in [0.1, 0.15) is 29.1 Å². The Morgan fingerprint density at radius 1 is 0.968 bits per heavy atom. The van der Waals surface area contributed by atoms with Crippen LogP contribution in [0.3, 0.4) is 0 Å². The standard InChI is InChI=1S/C25H25N3O3/c1-18(26-25(29)19-10-4-3-5-11-19)24-27-20-12-6-7-13-21(20)28(24)16-17-31-23-15-9-8-14-22(23)30-2/h3-15,18H,16-17H2,1-2H3,(H,26,29). The molecule has 1 atom stereocenters. The van der Waals surface area contributed by atoms with E-state index in [0.29, 0.717) is 30.2 Å². The van der Waals surface area contributed by atoms with Crippen molar-refractivity contribution in [3.05, 3.63) is 90.3 Å². The molecule has 0 saturated heterocycles. The van der Waals surface area contributed by atoms with Crippen LogP contribution in [-0.4, -0.2) is 29.2 Å². The van der Waals surface area contributed by atoms with E-state index in [1.165, 1.54) is 0 Å². The highest BCUT2D eigenvalue weighted by molar-refractivity contribution is 5.94. The van der Waals surface area contributed by atoms with Crippen LogP contribution >= 0.6 is 0 Å². The molecule has 6 heteroatoms. The first kappa shape index (κ1) is 20.5. The SMILES string of the molecule is COc1ccccc1OCCn1c(C(C)NC(=O)c2ccccc2)nc2ccccc21. The third-order valence-corrected chi connectivity index (χ3v) is 5.10. The highest BCUT2D eigenvalue weighted by Gasteiger charge is 2.19. The van der Waals surface area contributed by atoms with Gasteiger partial charge in [-0.15, -0.1) is 0 Å². The fourth-order valence-electron chi connectivity index (χ4n) is 3.58. The Morgan fingerprint density at radius 3 is 2.42 bits per heavy atom. The monoisotopic (exact) mass is 415 g/mol. The first-order chi connectivity index (χ1) is 15.2. The zero-order valence-corrected chi connectivity index (χ0v) is 17.6. The largest absolute Gasteiger partial charge is 0.493 e. The highest BCUT2D eigenvalue weighted by atomic mass is 16.5. The zero-order chi connectivity index (χ0) is 21.6. The van der Waals surface area contributed by atoms with Gasteiger partial charge in [0, 0.05) is 5.56 Å². The molecule has 0 aliphatic carbocycles. The Hall–Kier alpha value is -3.80. The Bertz CT molecular complexity index is 1170. The van der Waals surface area contributed by atoms with Gasteiger partial charge in [-0.3, -0.25) is 4.79 Å². The van der Waals surface area contributed by atoms with E-state index in [4.69, 9.17) is 14.5 Å². The number of imidazole rings is 1. The van der Waals surface area contributed by atoms with Gasteiger partial charge in [-0.1, -0.05) is 42.5 Å². The van der Waals surface area contributed by atoms with Crippen LogP contribution in [0.4, 0.5) is 0 Å². The second kappa shape index (κ2) is 9.34. The van der Waals surface area contributed by atoms with Crippen molar-refractivity contribution < 1.29 is 14.3 Å². The summed E-state index contributed by atoms with van der Waals surface area (Å²) in [5.41, 5.74) is 2.51. The van der Waals surface area contributed by atoms with Crippen molar-refractivity contribution in [2.24, 2.45) is 0 Å². The lowest BCUT2D eigenvalue weighted by Gasteiger charge is -2.17. The van der Waals surface area contributed by atoms with Gasteiger partial charge in [-0.2, -0.15) is 0 Å². The number of methoxy groups -OCH3 is 1. The van der Waals surface area contributed by atoms with E-state index in [-0.39, 0.29) is 11.9 Å². The third-order valence-electron chi connectivity index (χ3n) is 5.10. The predicted octanol–water partition coefficient (Wildman–Crippen LogP) is 4.61. The molecule has 0 fully saturated rings. The number of hydrogen-bond acceptors (Lipinski definition) is 4. The van der Waals surface area contributed by atoms with Crippen LogP contribution < -0.4 is 14.8 Å². The lowest BCUT2D eigenvalue weighted by Crippen LogP contribution is -2.29. The van der Waals surface area contributed by atoms with Gasteiger partial charge in [0.05, 0.1) is 30.7 Å². The van der Waals surface area contributed by atoms with Crippen LogP contribution in [0.25, 0.3) is 11.0 Å². The molecule has 1 N–H and O–H groups in total. The van der Waals surface area contributed by atoms with Gasteiger partial charge >= 0.3 is 0 Å². The molecule has 158 valence electrons. The van der Waals surface area contributed by atoms with E-state index in [9.17, 15) is 4.79 Å². The summed E-state index contributed by atoms with van der Waals surface area (Å²) in [6, 6.07) is 24.4. The lowest BCUT2D eigenvalue weighted by atomic mass is 10.2. The summed E-state index contributed by atoms with van der Waals surface area (Å²) in [4.78, 5) is 17.4. The Balaban J connectivity index is 1.55. The maximum Gasteiger partial charge on any atom is 0.251 e. The maximum atomic E-state index is 12.6. The number of nitrogens with zero attached hydrogens (tertiary/aromatic N) is 2. The van der Waals surface area contributed by atoms with Crippen LogP contribution in [0, 0.1) is 0 Å². The summed E-state index contributed by atoms with van der Waals surface area (Å²) in [7, 11) is 1.63. The number of carbonyl (C=O) groups is 1. The van der Waals surface area contributed by atoms with Crippen LogP contribution in [0.2, 0.25) is 0 Å². The summed E-state index contributed by atoms with van der Waals surface area (Å²) >= 11 is 0. The molecule has 0 bridgehead atoms. The van der Waals surface area contributed by atoms with Gasteiger partial charge in [0.2, 0.25) is 0 Å². The first-order valence-electron chi connectivity index (χ1n) is 10.2. The van der Waals surface area contributed by atoms with Gasteiger partial charge in [-0.05, 0) is 43.3 Å². The Kier molecular flexibility index (Phi) is 6.17. The lowest BCUT2D eigenvalue weighted by molar-refractivity contribution is 0.0937.